The van der Waals surface area contributed by atoms with Crippen LogP contribution >= 0.6 is 0 Å². The number of anilines is 1. The predicted molar refractivity (Wildman–Crippen MR) is 111 cm³/mol. The highest BCUT2D eigenvalue weighted by molar-refractivity contribution is 6.02. The van der Waals surface area contributed by atoms with Crippen molar-refractivity contribution in [1.82, 2.24) is 5.43 Å². The minimum Gasteiger partial charge on any atom is -0.497 e. The highest BCUT2D eigenvalue weighted by atomic mass is 16.5. The molecule has 7 nitrogen and oxygen atoms in total. The lowest BCUT2D eigenvalue weighted by Gasteiger charge is -2.15. The Bertz CT molecular complexity index is 819. The molecule has 2 aromatic carbocycles. The summed E-state index contributed by atoms with van der Waals surface area (Å²) in [5, 5.41) is 7.33. The maximum absolute atomic E-state index is 12.4. The van der Waals surface area contributed by atoms with Crippen molar-refractivity contribution >= 4 is 17.3 Å². The van der Waals surface area contributed by atoms with Crippen molar-refractivity contribution in [1.29, 1.82) is 0 Å². The number of carbonyl (C=O) groups is 1. The second-order valence-corrected chi connectivity index (χ2v) is 6.06. The molecule has 1 atom stereocenters. The van der Waals surface area contributed by atoms with Crippen molar-refractivity contribution in [3.63, 3.8) is 0 Å². The summed E-state index contributed by atoms with van der Waals surface area (Å²) in [6.45, 7) is 6.12. The molecule has 0 saturated heterocycles. The van der Waals surface area contributed by atoms with E-state index in [1.165, 1.54) is 0 Å². The van der Waals surface area contributed by atoms with Crippen molar-refractivity contribution in [2.24, 2.45) is 5.10 Å². The van der Waals surface area contributed by atoms with Crippen LogP contribution in [0.3, 0.4) is 0 Å². The molecule has 0 spiro atoms. The van der Waals surface area contributed by atoms with Crippen LogP contribution in [0.1, 0.15) is 26.3 Å². The largest absolute Gasteiger partial charge is 0.497 e. The van der Waals surface area contributed by atoms with Gasteiger partial charge >= 0.3 is 0 Å². The number of hydrogen-bond donors (Lipinski definition) is 2. The molecule has 0 aliphatic heterocycles. The second kappa shape index (κ2) is 10.2. The first-order valence-electron chi connectivity index (χ1n) is 9.04. The zero-order chi connectivity index (χ0) is 20.5. The molecular weight excluding hydrogens is 358 g/mol. The van der Waals surface area contributed by atoms with Gasteiger partial charge in [0, 0.05) is 17.3 Å². The van der Waals surface area contributed by atoms with Crippen molar-refractivity contribution in [2.45, 2.75) is 26.8 Å². The summed E-state index contributed by atoms with van der Waals surface area (Å²) in [7, 11) is 3.17. The lowest BCUT2D eigenvalue weighted by atomic mass is 10.1. The van der Waals surface area contributed by atoms with Gasteiger partial charge in [-0.3, -0.25) is 4.79 Å². The zero-order valence-electron chi connectivity index (χ0n) is 16.9. The third-order valence-electron chi connectivity index (χ3n) is 4.07. The average Bonchev–Trinajstić information content (AvgIpc) is 2.72. The Kier molecular flexibility index (Phi) is 7.68. The minimum absolute atomic E-state index is 0.249. The van der Waals surface area contributed by atoms with E-state index in [0.29, 0.717) is 23.8 Å². The summed E-state index contributed by atoms with van der Waals surface area (Å²) in [4.78, 5) is 12.4. The highest BCUT2D eigenvalue weighted by Gasteiger charge is 2.13. The zero-order valence-corrected chi connectivity index (χ0v) is 16.9. The number of hydrazone groups is 1. The molecule has 1 unspecified atom stereocenters. The lowest BCUT2D eigenvalue weighted by molar-refractivity contribution is -0.121. The third kappa shape index (κ3) is 5.64. The molecule has 0 aromatic heterocycles. The van der Waals surface area contributed by atoms with E-state index in [-0.39, 0.29) is 5.91 Å². The molecule has 0 aliphatic rings. The van der Waals surface area contributed by atoms with Gasteiger partial charge in [-0.15, -0.1) is 0 Å². The number of hydrogen-bond acceptors (Lipinski definition) is 6. The topological polar surface area (TPSA) is 81.2 Å². The number of ether oxygens (including phenoxy) is 3. The van der Waals surface area contributed by atoms with Crippen LogP contribution in [0.15, 0.2) is 47.6 Å². The van der Waals surface area contributed by atoms with Gasteiger partial charge < -0.3 is 19.5 Å². The van der Waals surface area contributed by atoms with E-state index in [2.05, 4.69) is 15.8 Å². The van der Waals surface area contributed by atoms with Crippen molar-refractivity contribution in [3.05, 3.63) is 48.0 Å². The van der Waals surface area contributed by atoms with E-state index in [9.17, 15) is 4.79 Å². The Morgan fingerprint density at radius 1 is 1.07 bits per heavy atom. The van der Waals surface area contributed by atoms with E-state index < -0.39 is 6.04 Å². The Balaban J connectivity index is 1.99. The van der Waals surface area contributed by atoms with Gasteiger partial charge in [-0.2, -0.15) is 5.10 Å². The molecule has 1 amide bonds. The standard InChI is InChI=1S/C21H27N3O4/c1-6-28-17-9-7-16(8-10-17)22-15(3)21(25)24-23-14(2)19-12-11-18(26-4)13-20(19)27-5/h7-13,15,22H,6H2,1-5H3,(H,24,25). The van der Waals surface area contributed by atoms with Crippen LogP contribution in [0.5, 0.6) is 17.2 Å². The summed E-state index contributed by atoms with van der Waals surface area (Å²) in [5.41, 5.74) is 4.81. The predicted octanol–water partition coefficient (Wildman–Crippen LogP) is 3.44. The molecule has 0 saturated carbocycles. The number of methoxy groups -OCH3 is 2. The first-order valence-corrected chi connectivity index (χ1v) is 9.04. The number of rotatable bonds is 9. The monoisotopic (exact) mass is 385 g/mol. The van der Waals surface area contributed by atoms with Crippen LogP contribution in [-0.4, -0.2) is 38.5 Å². The lowest BCUT2D eigenvalue weighted by Crippen LogP contribution is -2.35. The maximum Gasteiger partial charge on any atom is 0.262 e. The van der Waals surface area contributed by atoms with E-state index >= 15 is 0 Å². The quantitative estimate of drug-likeness (QED) is 0.510. The Hall–Kier alpha value is -3.22. The Morgan fingerprint density at radius 3 is 2.36 bits per heavy atom. The van der Waals surface area contributed by atoms with E-state index in [0.717, 1.165) is 17.0 Å². The fourth-order valence-electron chi connectivity index (χ4n) is 2.52. The van der Waals surface area contributed by atoms with E-state index in [4.69, 9.17) is 14.2 Å². The number of nitrogens with zero attached hydrogens (tertiary/aromatic N) is 1. The maximum atomic E-state index is 12.4. The van der Waals surface area contributed by atoms with Gasteiger partial charge in [-0.05, 0) is 57.2 Å². The van der Waals surface area contributed by atoms with Crippen LogP contribution in [-0.2, 0) is 4.79 Å². The van der Waals surface area contributed by atoms with Gasteiger partial charge in [0.2, 0.25) is 0 Å². The average molecular weight is 385 g/mol. The van der Waals surface area contributed by atoms with Crippen LogP contribution in [0.2, 0.25) is 0 Å². The van der Waals surface area contributed by atoms with Crippen molar-refractivity contribution in [3.8, 4) is 17.2 Å². The number of carbonyl (C=O) groups excluding carboxylic acids is 1. The smallest absolute Gasteiger partial charge is 0.262 e. The molecular formula is C21H27N3O4. The summed E-state index contributed by atoms with van der Waals surface area (Å²) < 4.78 is 16.0. The van der Waals surface area contributed by atoms with Crippen LogP contribution in [0.4, 0.5) is 5.69 Å². The number of benzene rings is 2. The molecule has 2 rings (SSSR count). The van der Waals surface area contributed by atoms with E-state index in [1.54, 1.807) is 34.1 Å². The molecule has 7 heteroatoms. The Labute approximate surface area is 165 Å². The van der Waals surface area contributed by atoms with Gasteiger partial charge in [-0.1, -0.05) is 0 Å². The Morgan fingerprint density at radius 2 is 1.75 bits per heavy atom. The van der Waals surface area contributed by atoms with Crippen molar-refractivity contribution < 1.29 is 19.0 Å². The summed E-state index contributed by atoms with van der Waals surface area (Å²) in [6, 6.07) is 12.4. The van der Waals surface area contributed by atoms with Crippen LogP contribution in [0, 0.1) is 0 Å². The molecule has 0 bridgehead atoms. The summed E-state index contributed by atoms with van der Waals surface area (Å²) >= 11 is 0. The highest BCUT2D eigenvalue weighted by Crippen LogP contribution is 2.25. The van der Waals surface area contributed by atoms with Crippen LogP contribution in [0.25, 0.3) is 0 Å². The molecule has 0 fully saturated rings. The molecule has 2 N–H and O–H groups in total. The fourth-order valence-corrected chi connectivity index (χ4v) is 2.52. The van der Waals surface area contributed by atoms with Gasteiger partial charge in [0.15, 0.2) is 0 Å². The summed E-state index contributed by atoms with van der Waals surface area (Å²) in [6.07, 6.45) is 0. The van der Waals surface area contributed by atoms with Gasteiger partial charge in [0.25, 0.3) is 5.91 Å². The van der Waals surface area contributed by atoms with Gasteiger partial charge in [0.1, 0.15) is 23.3 Å². The minimum atomic E-state index is -0.466. The second-order valence-electron chi connectivity index (χ2n) is 6.06. The molecule has 150 valence electrons. The van der Waals surface area contributed by atoms with Gasteiger partial charge in [-0.25, -0.2) is 5.43 Å². The first-order chi connectivity index (χ1) is 13.5. The third-order valence-corrected chi connectivity index (χ3v) is 4.07. The number of amides is 1. The normalized spacial score (nSPS) is 12.1. The SMILES string of the molecule is CCOc1ccc(NC(C)C(=O)NN=C(C)c2ccc(OC)cc2OC)cc1. The molecule has 28 heavy (non-hydrogen) atoms. The van der Waals surface area contributed by atoms with Crippen LogP contribution < -0.4 is 25.0 Å². The molecule has 0 heterocycles. The fraction of sp³-hybridized carbons (Fsp3) is 0.333. The first kappa shape index (κ1) is 21.1. The van der Waals surface area contributed by atoms with Crippen molar-refractivity contribution in [2.75, 3.05) is 26.1 Å². The van der Waals surface area contributed by atoms with E-state index in [1.807, 2.05) is 43.3 Å². The summed E-state index contributed by atoms with van der Waals surface area (Å²) in [5.74, 6) is 1.85. The molecule has 0 radical (unpaired) electrons. The van der Waals surface area contributed by atoms with Gasteiger partial charge in [0.05, 0.1) is 26.5 Å². The number of nitrogens with one attached hydrogen (secondary N) is 2. The molecule has 0 aliphatic carbocycles. The molecule has 2 aromatic rings.